The number of carbonyl (C=O) groups is 1. The van der Waals surface area contributed by atoms with E-state index in [9.17, 15) is 4.79 Å². The Bertz CT molecular complexity index is 580. The number of H-pyrrole nitrogens is 1. The summed E-state index contributed by atoms with van der Waals surface area (Å²) >= 11 is 6.68. The van der Waals surface area contributed by atoms with Crippen LogP contribution in [-0.2, 0) is 11.2 Å². The molecule has 2 unspecified atom stereocenters. The van der Waals surface area contributed by atoms with Crippen molar-refractivity contribution in [2.24, 2.45) is 5.92 Å². The minimum Gasteiger partial charge on any atom is -0.342 e. The molecule has 0 aromatic carbocycles. The lowest BCUT2D eigenvalue weighted by Gasteiger charge is -2.46. The molecule has 4 nitrogen and oxygen atoms in total. The van der Waals surface area contributed by atoms with Gasteiger partial charge in [-0.25, -0.2) is 0 Å². The van der Waals surface area contributed by atoms with E-state index in [-0.39, 0.29) is 5.91 Å². The smallest absolute Gasteiger partial charge is 0.227 e. The summed E-state index contributed by atoms with van der Waals surface area (Å²) < 4.78 is 0.767. The van der Waals surface area contributed by atoms with Crippen LogP contribution in [0.5, 0.6) is 0 Å². The Morgan fingerprint density at radius 1 is 1.43 bits per heavy atom. The number of likely N-dealkylation sites (tertiary alicyclic amines) is 2. The fourth-order valence-electron chi connectivity index (χ4n) is 3.73. The Labute approximate surface area is 135 Å². The first-order valence-corrected chi connectivity index (χ1v) is 8.93. The number of aryl methyl sites for hydroxylation is 1. The summed E-state index contributed by atoms with van der Waals surface area (Å²) in [4.78, 5) is 21.3. The van der Waals surface area contributed by atoms with Crippen molar-refractivity contribution in [2.45, 2.75) is 38.6 Å². The molecule has 0 bridgehead atoms. The van der Waals surface area contributed by atoms with E-state index < -0.39 is 0 Å². The summed E-state index contributed by atoms with van der Waals surface area (Å²) in [6, 6.07) is 0.679. The van der Waals surface area contributed by atoms with Gasteiger partial charge in [0.05, 0.1) is 6.42 Å². The molecule has 6 heteroatoms. The Hall–Kier alpha value is -0.720. The molecule has 3 heterocycles. The summed E-state index contributed by atoms with van der Waals surface area (Å²) in [7, 11) is 2.23. The molecule has 2 aliphatic heterocycles. The van der Waals surface area contributed by atoms with Gasteiger partial charge >= 0.3 is 0 Å². The molecule has 1 aromatic heterocycles. The summed E-state index contributed by atoms with van der Waals surface area (Å²) in [5.74, 6) is 0.919. The first kappa shape index (κ1) is 15.2. The topological polar surface area (TPSA) is 39.3 Å². The molecule has 0 radical (unpaired) electrons. The first-order chi connectivity index (χ1) is 10.0. The van der Waals surface area contributed by atoms with E-state index in [0.717, 1.165) is 34.0 Å². The summed E-state index contributed by atoms with van der Waals surface area (Å²) in [5.41, 5.74) is 1.05. The van der Waals surface area contributed by atoms with Gasteiger partial charge in [-0.15, -0.1) is 11.3 Å². The molecule has 2 saturated heterocycles. The fourth-order valence-corrected chi connectivity index (χ4v) is 5.02. The summed E-state index contributed by atoms with van der Waals surface area (Å²) in [6.45, 7) is 5.04. The second kappa shape index (κ2) is 6.18. The quantitative estimate of drug-likeness (QED) is 0.850. The number of rotatable bonds is 2. The van der Waals surface area contributed by atoms with Crippen LogP contribution in [0.25, 0.3) is 0 Å². The molecule has 116 valence electrons. The minimum absolute atomic E-state index is 0.259. The van der Waals surface area contributed by atoms with E-state index in [2.05, 4.69) is 21.8 Å². The maximum absolute atomic E-state index is 12.6. The van der Waals surface area contributed by atoms with E-state index in [1.807, 2.05) is 6.92 Å². The summed E-state index contributed by atoms with van der Waals surface area (Å²) in [6.07, 6.45) is 4.14. The van der Waals surface area contributed by atoms with Gasteiger partial charge in [-0.1, -0.05) is 0 Å². The number of aromatic amines is 1. The molecule has 3 rings (SSSR count). The van der Waals surface area contributed by atoms with Crippen LogP contribution in [0.15, 0.2) is 0 Å². The van der Waals surface area contributed by atoms with Crippen molar-refractivity contribution in [3.05, 3.63) is 14.5 Å². The Morgan fingerprint density at radius 2 is 2.24 bits per heavy atom. The van der Waals surface area contributed by atoms with E-state index in [4.69, 9.17) is 12.2 Å². The maximum atomic E-state index is 12.6. The van der Waals surface area contributed by atoms with Gasteiger partial charge in [-0.3, -0.25) is 4.79 Å². The van der Waals surface area contributed by atoms with Crippen molar-refractivity contribution in [3.8, 4) is 0 Å². The Kier molecular flexibility index (Phi) is 4.47. The molecule has 2 fully saturated rings. The van der Waals surface area contributed by atoms with Crippen molar-refractivity contribution in [1.82, 2.24) is 14.8 Å². The van der Waals surface area contributed by atoms with Gasteiger partial charge in [0.2, 0.25) is 5.91 Å². The molecular formula is C15H23N3OS2. The zero-order valence-electron chi connectivity index (χ0n) is 12.7. The monoisotopic (exact) mass is 325 g/mol. The van der Waals surface area contributed by atoms with Crippen molar-refractivity contribution in [2.75, 3.05) is 26.7 Å². The average molecular weight is 326 g/mol. The Morgan fingerprint density at radius 3 is 2.95 bits per heavy atom. The number of nitrogens with zero attached hydrogens (tertiary/aromatic N) is 2. The van der Waals surface area contributed by atoms with Crippen molar-refractivity contribution in [3.63, 3.8) is 0 Å². The highest BCUT2D eigenvalue weighted by atomic mass is 32.1. The van der Waals surface area contributed by atoms with Crippen LogP contribution in [-0.4, -0.2) is 53.4 Å². The van der Waals surface area contributed by atoms with Crippen molar-refractivity contribution < 1.29 is 4.79 Å². The highest BCUT2D eigenvalue weighted by molar-refractivity contribution is 7.73. The average Bonchev–Trinajstić information content (AvgIpc) is 2.76. The van der Waals surface area contributed by atoms with Crippen molar-refractivity contribution in [1.29, 1.82) is 0 Å². The number of nitrogens with one attached hydrogen (secondary N) is 1. The third-order valence-corrected chi connectivity index (χ3v) is 6.27. The highest BCUT2D eigenvalue weighted by Crippen LogP contribution is 2.30. The molecule has 1 aromatic rings. The lowest BCUT2D eigenvalue weighted by Crippen LogP contribution is -2.54. The third-order valence-electron chi connectivity index (χ3n) is 4.93. The SMILES string of the molecule is Cc1[nH]c(=S)sc1CC(=O)N1CCC2C(CCCN2C)C1. The lowest BCUT2D eigenvalue weighted by atomic mass is 9.84. The molecule has 2 atom stereocenters. The predicted molar refractivity (Wildman–Crippen MR) is 88.3 cm³/mol. The number of carbonyl (C=O) groups excluding carboxylic acids is 1. The predicted octanol–water partition coefficient (Wildman–Crippen LogP) is 2.60. The van der Waals surface area contributed by atoms with Crippen LogP contribution < -0.4 is 0 Å². The van der Waals surface area contributed by atoms with Gasteiger partial charge in [0, 0.05) is 29.7 Å². The van der Waals surface area contributed by atoms with Crippen LogP contribution in [0, 0.1) is 16.8 Å². The van der Waals surface area contributed by atoms with Crippen LogP contribution >= 0.6 is 23.6 Å². The van der Waals surface area contributed by atoms with Gasteiger partial charge in [-0.2, -0.15) is 0 Å². The van der Waals surface area contributed by atoms with Gasteiger partial charge in [0.25, 0.3) is 0 Å². The normalized spacial score (nSPS) is 26.7. The van der Waals surface area contributed by atoms with Crippen LogP contribution in [0.2, 0.25) is 0 Å². The lowest BCUT2D eigenvalue weighted by molar-refractivity contribution is -0.133. The highest BCUT2D eigenvalue weighted by Gasteiger charge is 2.35. The second-order valence-electron chi connectivity index (χ2n) is 6.32. The van der Waals surface area contributed by atoms with E-state index in [1.165, 1.54) is 30.7 Å². The maximum Gasteiger partial charge on any atom is 0.227 e. The third kappa shape index (κ3) is 3.22. The molecule has 0 saturated carbocycles. The molecule has 2 aliphatic rings. The standard InChI is InChI=1S/C15H23N3OS2/c1-10-13(21-15(20)16-10)8-14(19)18-7-5-12-11(9-18)4-3-6-17(12)2/h11-12H,3-9H2,1-2H3,(H,16,20). The van der Waals surface area contributed by atoms with Crippen LogP contribution in [0.1, 0.15) is 29.8 Å². The Balaban J connectivity index is 1.64. The van der Waals surface area contributed by atoms with Gasteiger partial charge in [-0.05, 0) is 57.9 Å². The number of aromatic nitrogens is 1. The zero-order chi connectivity index (χ0) is 15.0. The number of amides is 1. The first-order valence-electron chi connectivity index (χ1n) is 7.71. The molecule has 1 amide bonds. The van der Waals surface area contributed by atoms with Gasteiger partial charge in [0.1, 0.15) is 0 Å². The number of fused-ring (bicyclic) bond motifs is 1. The van der Waals surface area contributed by atoms with Crippen LogP contribution in [0.3, 0.4) is 0 Å². The minimum atomic E-state index is 0.259. The molecule has 0 spiro atoms. The summed E-state index contributed by atoms with van der Waals surface area (Å²) in [5, 5.41) is 0. The number of hydrogen-bond acceptors (Lipinski definition) is 4. The molecular weight excluding hydrogens is 302 g/mol. The fraction of sp³-hybridized carbons (Fsp3) is 0.733. The second-order valence-corrected chi connectivity index (χ2v) is 8.09. The molecule has 1 N–H and O–H groups in total. The largest absolute Gasteiger partial charge is 0.342 e. The zero-order valence-corrected chi connectivity index (χ0v) is 14.4. The van der Waals surface area contributed by atoms with Crippen molar-refractivity contribution >= 4 is 29.5 Å². The van der Waals surface area contributed by atoms with Crippen LogP contribution in [0.4, 0.5) is 0 Å². The van der Waals surface area contributed by atoms with E-state index in [0.29, 0.717) is 18.4 Å². The number of piperidine rings is 2. The van der Waals surface area contributed by atoms with Gasteiger partial charge < -0.3 is 14.8 Å². The molecule has 21 heavy (non-hydrogen) atoms. The molecule has 0 aliphatic carbocycles. The van der Waals surface area contributed by atoms with E-state index in [1.54, 1.807) is 0 Å². The van der Waals surface area contributed by atoms with Gasteiger partial charge in [0.15, 0.2) is 3.95 Å². The number of hydrogen-bond donors (Lipinski definition) is 1. The van der Waals surface area contributed by atoms with E-state index >= 15 is 0 Å². The number of thiazole rings is 1.